The van der Waals surface area contributed by atoms with Crippen LogP contribution in [0.1, 0.15) is 18.5 Å². The Morgan fingerprint density at radius 2 is 1.82 bits per heavy atom. The molecule has 1 amide bonds. The molecule has 0 unspecified atom stereocenters. The summed E-state index contributed by atoms with van der Waals surface area (Å²) in [6, 6.07) is 17.7. The number of rotatable bonds is 5. The minimum Gasteiger partial charge on any atom is -0.484 e. The maximum atomic E-state index is 12.5. The number of amides is 1. The summed E-state index contributed by atoms with van der Waals surface area (Å²) in [5.74, 6) is 1.25. The SMILES string of the molecule is Cc1ccc(OC2CCN(C(=O)COc3ccc4ccccc4c3)CC2)nn1. The van der Waals surface area contributed by atoms with Crippen LogP contribution in [-0.2, 0) is 4.79 Å². The Hall–Kier alpha value is -3.15. The second kappa shape index (κ2) is 8.25. The molecule has 1 aliphatic heterocycles. The first-order chi connectivity index (χ1) is 13.7. The van der Waals surface area contributed by atoms with Crippen LogP contribution in [0.15, 0.2) is 54.6 Å². The monoisotopic (exact) mass is 377 g/mol. The molecule has 0 atom stereocenters. The second-order valence-corrected chi connectivity index (χ2v) is 7.01. The van der Waals surface area contributed by atoms with E-state index in [1.165, 1.54) is 0 Å². The van der Waals surface area contributed by atoms with E-state index in [9.17, 15) is 4.79 Å². The molecule has 28 heavy (non-hydrogen) atoms. The maximum absolute atomic E-state index is 12.5. The van der Waals surface area contributed by atoms with Crippen LogP contribution in [0.5, 0.6) is 11.6 Å². The van der Waals surface area contributed by atoms with Gasteiger partial charge < -0.3 is 14.4 Å². The van der Waals surface area contributed by atoms with Crippen LogP contribution in [0.25, 0.3) is 10.8 Å². The number of aryl methyl sites for hydroxylation is 1. The highest BCUT2D eigenvalue weighted by Gasteiger charge is 2.24. The molecule has 0 bridgehead atoms. The predicted octanol–water partition coefficient (Wildman–Crippen LogP) is 3.39. The van der Waals surface area contributed by atoms with Crippen molar-refractivity contribution in [3.63, 3.8) is 0 Å². The van der Waals surface area contributed by atoms with Crippen molar-refractivity contribution in [1.82, 2.24) is 15.1 Å². The van der Waals surface area contributed by atoms with E-state index in [1.807, 2.05) is 60.4 Å². The summed E-state index contributed by atoms with van der Waals surface area (Å²) in [6.07, 6.45) is 1.61. The van der Waals surface area contributed by atoms with E-state index >= 15 is 0 Å². The van der Waals surface area contributed by atoms with Crippen LogP contribution in [0.4, 0.5) is 0 Å². The van der Waals surface area contributed by atoms with E-state index in [0.717, 1.165) is 29.3 Å². The Morgan fingerprint density at radius 1 is 1.04 bits per heavy atom. The minimum atomic E-state index is 0.00161. The Bertz CT molecular complexity index is 951. The molecule has 4 rings (SSSR count). The fraction of sp³-hybridized carbons (Fsp3) is 0.318. The van der Waals surface area contributed by atoms with Crippen molar-refractivity contribution in [3.05, 3.63) is 60.3 Å². The molecule has 1 aliphatic rings. The van der Waals surface area contributed by atoms with Gasteiger partial charge in [0.15, 0.2) is 6.61 Å². The van der Waals surface area contributed by atoms with E-state index in [4.69, 9.17) is 9.47 Å². The van der Waals surface area contributed by atoms with E-state index in [-0.39, 0.29) is 18.6 Å². The third kappa shape index (κ3) is 4.39. The zero-order chi connectivity index (χ0) is 19.3. The molecule has 2 heterocycles. The highest BCUT2D eigenvalue weighted by atomic mass is 16.5. The fourth-order valence-electron chi connectivity index (χ4n) is 3.34. The standard InChI is InChI=1S/C22H23N3O3/c1-16-6-9-21(24-23-16)28-19-10-12-25(13-11-19)22(26)15-27-20-8-7-17-4-2-3-5-18(17)14-20/h2-9,14,19H,10-13,15H2,1H3. The van der Waals surface area contributed by atoms with Gasteiger partial charge in [-0.25, -0.2) is 0 Å². The predicted molar refractivity (Wildman–Crippen MR) is 106 cm³/mol. The zero-order valence-electron chi connectivity index (χ0n) is 15.9. The van der Waals surface area contributed by atoms with Gasteiger partial charge in [0, 0.05) is 32.0 Å². The number of piperidine rings is 1. The molecule has 0 aliphatic carbocycles. The lowest BCUT2D eigenvalue weighted by atomic mass is 10.1. The molecule has 1 saturated heterocycles. The van der Waals surface area contributed by atoms with Gasteiger partial charge in [-0.1, -0.05) is 30.3 Å². The van der Waals surface area contributed by atoms with Crippen molar-refractivity contribution >= 4 is 16.7 Å². The zero-order valence-corrected chi connectivity index (χ0v) is 15.9. The van der Waals surface area contributed by atoms with Gasteiger partial charge in [0.25, 0.3) is 5.91 Å². The Balaban J connectivity index is 1.26. The van der Waals surface area contributed by atoms with Crippen molar-refractivity contribution in [2.75, 3.05) is 19.7 Å². The van der Waals surface area contributed by atoms with E-state index in [1.54, 1.807) is 0 Å². The van der Waals surface area contributed by atoms with E-state index < -0.39 is 0 Å². The Labute approximate surface area is 164 Å². The Kier molecular flexibility index (Phi) is 5.37. The minimum absolute atomic E-state index is 0.00161. The first-order valence-electron chi connectivity index (χ1n) is 9.54. The summed E-state index contributed by atoms with van der Waals surface area (Å²) in [4.78, 5) is 14.3. The van der Waals surface area contributed by atoms with E-state index in [2.05, 4.69) is 16.3 Å². The van der Waals surface area contributed by atoms with Crippen molar-refractivity contribution < 1.29 is 14.3 Å². The molecule has 3 aromatic rings. The summed E-state index contributed by atoms with van der Waals surface area (Å²) in [5, 5.41) is 10.3. The number of fused-ring (bicyclic) bond motifs is 1. The van der Waals surface area contributed by atoms with Gasteiger partial charge in [0.05, 0.1) is 5.69 Å². The number of ether oxygens (including phenoxy) is 2. The second-order valence-electron chi connectivity index (χ2n) is 7.01. The topological polar surface area (TPSA) is 64.5 Å². The molecule has 0 radical (unpaired) electrons. The number of nitrogens with zero attached hydrogens (tertiary/aromatic N) is 3. The van der Waals surface area contributed by atoms with Gasteiger partial charge >= 0.3 is 0 Å². The summed E-state index contributed by atoms with van der Waals surface area (Å²) in [7, 11) is 0. The molecule has 1 aromatic heterocycles. The number of carbonyl (C=O) groups is 1. The lowest BCUT2D eigenvalue weighted by molar-refractivity contribution is -0.135. The number of hydrogen-bond donors (Lipinski definition) is 0. The van der Waals surface area contributed by atoms with Gasteiger partial charge in [-0.3, -0.25) is 4.79 Å². The number of hydrogen-bond acceptors (Lipinski definition) is 5. The van der Waals surface area contributed by atoms with Crippen molar-refractivity contribution in [2.45, 2.75) is 25.9 Å². The molecule has 0 N–H and O–H groups in total. The van der Waals surface area contributed by atoms with Gasteiger partial charge in [0.1, 0.15) is 11.9 Å². The smallest absolute Gasteiger partial charge is 0.260 e. The molecule has 0 spiro atoms. The average molecular weight is 377 g/mol. The van der Waals surface area contributed by atoms with Crippen LogP contribution < -0.4 is 9.47 Å². The largest absolute Gasteiger partial charge is 0.484 e. The number of aromatic nitrogens is 2. The van der Waals surface area contributed by atoms with Gasteiger partial charge in [-0.05, 0) is 35.9 Å². The lowest BCUT2D eigenvalue weighted by Gasteiger charge is -2.31. The van der Waals surface area contributed by atoms with Crippen LogP contribution in [0, 0.1) is 6.92 Å². The highest BCUT2D eigenvalue weighted by molar-refractivity contribution is 5.84. The van der Waals surface area contributed by atoms with Gasteiger partial charge in [-0.15, -0.1) is 5.10 Å². The molecule has 2 aromatic carbocycles. The summed E-state index contributed by atoms with van der Waals surface area (Å²) >= 11 is 0. The molecule has 144 valence electrons. The van der Waals surface area contributed by atoms with Crippen LogP contribution in [-0.4, -0.2) is 46.8 Å². The third-order valence-electron chi connectivity index (χ3n) is 4.94. The first kappa shape index (κ1) is 18.2. The molecule has 1 fully saturated rings. The average Bonchev–Trinajstić information content (AvgIpc) is 2.74. The normalized spacial score (nSPS) is 14.8. The molecular weight excluding hydrogens is 354 g/mol. The first-order valence-corrected chi connectivity index (χ1v) is 9.54. The fourth-order valence-corrected chi connectivity index (χ4v) is 3.34. The maximum Gasteiger partial charge on any atom is 0.260 e. The number of likely N-dealkylation sites (tertiary alicyclic amines) is 1. The van der Waals surface area contributed by atoms with E-state index in [0.29, 0.717) is 24.7 Å². The number of benzene rings is 2. The quantitative estimate of drug-likeness (QED) is 0.682. The van der Waals surface area contributed by atoms with Crippen LogP contribution >= 0.6 is 0 Å². The lowest BCUT2D eigenvalue weighted by Crippen LogP contribution is -2.43. The summed E-state index contributed by atoms with van der Waals surface area (Å²) in [5.41, 5.74) is 0.860. The molecule has 6 heteroatoms. The van der Waals surface area contributed by atoms with Crippen LogP contribution in [0.2, 0.25) is 0 Å². The Morgan fingerprint density at radius 3 is 2.57 bits per heavy atom. The van der Waals surface area contributed by atoms with Gasteiger partial charge in [0.2, 0.25) is 5.88 Å². The third-order valence-corrected chi connectivity index (χ3v) is 4.94. The molecular formula is C22H23N3O3. The highest BCUT2D eigenvalue weighted by Crippen LogP contribution is 2.21. The molecule has 0 saturated carbocycles. The summed E-state index contributed by atoms with van der Waals surface area (Å²) < 4.78 is 11.6. The molecule has 6 nitrogen and oxygen atoms in total. The van der Waals surface area contributed by atoms with Gasteiger partial charge in [-0.2, -0.15) is 5.10 Å². The number of carbonyl (C=O) groups excluding carboxylic acids is 1. The summed E-state index contributed by atoms with van der Waals surface area (Å²) in [6.45, 7) is 3.25. The van der Waals surface area contributed by atoms with Crippen molar-refractivity contribution in [2.24, 2.45) is 0 Å². The van der Waals surface area contributed by atoms with Crippen molar-refractivity contribution in [3.8, 4) is 11.6 Å². The van der Waals surface area contributed by atoms with Crippen LogP contribution in [0.3, 0.4) is 0 Å². The van der Waals surface area contributed by atoms with Crippen molar-refractivity contribution in [1.29, 1.82) is 0 Å².